The standard InChI is InChI=1S/C19H21ClN2O2/c1-3-22(4-2)13-18(23)21-17-8-6-5-7-16(17)19(24)14-9-11-15(20)12-10-14/h5-12H,3-4,13H2,1-2H3,(H,21,23). The number of carbonyl (C=O) groups is 2. The highest BCUT2D eigenvalue weighted by Crippen LogP contribution is 2.20. The molecule has 0 saturated carbocycles. The molecule has 126 valence electrons. The zero-order chi connectivity index (χ0) is 17.5. The molecule has 24 heavy (non-hydrogen) atoms. The van der Waals surface area contributed by atoms with Crippen molar-refractivity contribution < 1.29 is 9.59 Å². The topological polar surface area (TPSA) is 49.4 Å². The Morgan fingerprint density at radius 1 is 1.00 bits per heavy atom. The van der Waals surface area contributed by atoms with Crippen molar-refractivity contribution in [1.82, 2.24) is 4.90 Å². The number of ketones is 1. The Bertz CT molecular complexity index is 710. The minimum Gasteiger partial charge on any atom is -0.324 e. The van der Waals surface area contributed by atoms with E-state index in [1.165, 1.54) is 0 Å². The van der Waals surface area contributed by atoms with Crippen LogP contribution in [0.2, 0.25) is 5.02 Å². The maximum absolute atomic E-state index is 12.7. The first-order valence-corrected chi connectivity index (χ1v) is 8.34. The number of rotatable bonds is 7. The predicted molar refractivity (Wildman–Crippen MR) is 97.7 cm³/mol. The molecule has 0 atom stereocenters. The van der Waals surface area contributed by atoms with Crippen molar-refractivity contribution >= 4 is 29.0 Å². The molecule has 0 aliphatic carbocycles. The van der Waals surface area contributed by atoms with E-state index in [9.17, 15) is 9.59 Å². The summed E-state index contributed by atoms with van der Waals surface area (Å²) in [7, 11) is 0. The summed E-state index contributed by atoms with van der Waals surface area (Å²) in [6.07, 6.45) is 0. The van der Waals surface area contributed by atoms with Crippen molar-refractivity contribution in [2.45, 2.75) is 13.8 Å². The minimum atomic E-state index is -0.148. The van der Waals surface area contributed by atoms with Crippen LogP contribution in [0.5, 0.6) is 0 Å². The Labute approximate surface area is 147 Å². The van der Waals surface area contributed by atoms with E-state index in [2.05, 4.69) is 5.32 Å². The highest BCUT2D eigenvalue weighted by molar-refractivity contribution is 6.30. The summed E-state index contributed by atoms with van der Waals surface area (Å²) in [5, 5.41) is 3.42. The number of nitrogens with zero attached hydrogens (tertiary/aromatic N) is 1. The monoisotopic (exact) mass is 344 g/mol. The van der Waals surface area contributed by atoms with Crippen LogP contribution >= 0.6 is 11.6 Å². The molecule has 0 heterocycles. The summed E-state index contributed by atoms with van der Waals surface area (Å²) < 4.78 is 0. The van der Waals surface area contributed by atoms with Gasteiger partial charge in [-0.25, -0.2) is 0 Å². The summed E-state index contributed by atoms with van der Waals surface area (Å²) in [4.78, 5) is 26.9. The first kappa shape index (κ1) is 18.2. The Balaban J connectivity index is 2.19. The van der Waals surface area contributed by atoms with Gasteiger partial charge in [-0.05, 0) is 49.5 Å². The average Bonchev–Trinajstić information content (AvgIpc) is 2.60. The highest BCUT2D eigenvalue weighted by atomic mass is 35.5. The fourth-order valence-electron chi connectivity index (χ4n) is 2.39. The molecule has 1 amide bonds. The molecule has 4 nitrogen and oxygen atoms in total. The van der Waals surface area contributed by atoms with Crippen molar-refractivity contribution in [3.8, 4) is 0 Å². The molecule has 0 fully saturated rings. The maximum Gasteiger partial charge on any atom is 0.238 e. The quantitative estimate of drug-likeness (QED) is 0.776. The Kier molecular flexibility index (Phi) is 6.53. The van der Waals surface area contributed by atoms with Gasteiger partial charge in [0.2, 0.25) is 5.91 Å². The lowest BCUT2D eigenvalue weighted by molar-refractivity contribution is -0.117. The van der Waals surface area contributed by atoms with E-state index in [1.54, 1.807) is 48.5 Å². The van der Waals surface area contributed by atoms with Crippen LogP contribution in [0.1, 0.15) is 29.8 Å². The third-order valence-electron chi connectivity index (χ3n) is 3.81. The molecule has 1 N–H and O–H groups in total. The lowest BCUT2D eigenvalue weighted by Crippen LogP contribution is -2.33. The first-order valence-electron chi connectivity index (χ1n) is 7.96. The molecule has 0 aliphatic rings. The largest absolute Gasteiger partial charge is 0.324 e. The molecule has 0 spiro atoms. The van der Waals surface area contributed by atoms with Crippen molar-refractivity contribution in [3.63, 3.8) is 0 Å². The second-order valence-electron chi connectivity index (χ2n) is 5.39. The Hall–Kier alpha value is -2.17. The maximum atomic E-state index is 12.7. The van der Waals surface area contributed by atoms with Crippen LogP contribution in [-0.4, -0.2) is 36.2 Å². The zero-order valence-electron chi connectivity index (χ0n) is 13.9. The molecule has 0 radical (unpaired) electrons. The van der Waals surface area contributed by atoms with E-state index < -0.39 is 0 Å². The molecule has 2 aromatic carbocycles. The molecular weight excluding hydrogens is 324 g/mol. The van der Waals surface area contributed by atoms with Crippen LogP contribution in [0.15, 0.2) is 48.5 Å². The van der Waals surface area contributed by atoms with E-state index in [4.69, 9.17) is 11.6 Å². The number of benzene rings is 2. The van der Waals surface area contributed by atoms with Crippen LogP contribution in [0.4, 0.5) is 5.69 Å². The summed E-state index contributed by atoms with van der Waals surface area (Å²) in [6.45, 7) is 5.92. The van der Waals surface area contributed by atoms with Gasteiger partial charge < -0.3 is 5.32 Å². The molecule has 0 bridgehead atoms. The van der Waals surface area contributed by atoms with E-state index >= 15 is 0 Å². The fourth-order valence-corrected chi connectivity index (χ4v) is 2.51. The summed E-state index contributed by atoms with van der Waals surface area (Å²) >= 11 is 5.87. The summed E-state index contributed by atoms with van der Waals surface area (Å²) in [5.41, 5.74) is 1.52. The number of amides is 1. The predicted octanol–water partition coefficient (Wildman–Crippen LogP) is 3.85. The van der Waals surface area contributed by atoms with Crippen LogP contribution < -0.4 is 5.32 Å². The third-order valence-corrected chi connectivity index (χ3v) is 4.07. The van der Waals surface area contributed by atoms with E-state index in [-0.39, 0.29) is 11.7 Å². The second kappa shape index (κ2) is 8.62. The van der Waals surface area contributed by atoms with Gasteiger partial charge in [-0.3, -0.25) is 14.5 Å². The van der Waals surface area contributed by atoms with Gasteiger partial charge in [-0.1, -0.05) is 37.6 Å². The lowest BCUT2D eigenvalue weighted by atomic mass is 10.0. The van der Waals surface area contributed by atoms with E-state index in [0.717, 1.165) is 13.1 Å². The molecule has 2 rings (SSSR count). The summed E-state index contributed by atoms with van der Waals surface area (Å²) in [5.74, 6) is -0.277. The molecule has 5 heteroatoms. The van der Waals surface area contributed by atoms with Crippen LogP contribution in [0, 0.1) is 0 Å². The Morgan fingerprint density at radius 2 is 1.62 bits per heavy atom. The average molecular weight is 345 g/mol. The van der Waals surface area contributed by atoms with Gasteiger partial charge in [0.1, 0.15) is 0 Å². The number of hydrogen-bond donors (Lipinski definition) is 1. The molecule has 0 aliphatic heterocycles. The molecular formula is C19H21ClN2O2. The second-order valence-corrected chi connectivity index (χ2v) is 5.83. The number of anilines is 1. The number of para-hydroxylation sites is 1. The van der Waals surface area contributed by atoms with Gasteiger partial charge in [-0.15, -0.1) is 0 Å². The first-order chi connectivity index (χ1) is 11.5. The van der Waals surface area contributed by atoms with Crippen molar-refractivity contribution in [1.29, 1.82) is 0 Å². The molecule has 2 aromatic rings. The van der Waals surface area contributed by atoms with Crippen molar-refractivity contribution in [2.24, 2.45) is 0 Å². The molecule has 0 aromatic heterocycles. The fraction of sp³-hybridized carbons (Fsp3) is 0.263. The van der Waals surface area contributed by atoms with Crippen LogP contribution in [0.3, 0.4) is 0 Å². The SMILES string of the molecule is CCN(CC)CC(=O)Nc1ccccc1C(=O)c1ccc(Cl)cc1. The molecule has 0 saturated heterocycles. The third kappa shape index (κ3) is 4.66. The smallest absolute Gasteiger partial charge is 0.238 e. The number of likely N-dealkylation sites (N-methyl/N-ethyl adjacent to an activating group) is 1. The molecule has 0 unspecified atom stereocenters. The number of nitrogens with one attached hydrogen (secondary N) is 1. The van der Waals surface area contributed by atoms with Crippen molar-refractivity contribution in [3.05, 3.63) is 64.7 Å². The van der Waals surface area contributed by atoms with Crippen LogP contribution in [0.25, 0.3) is 0 Å². The summed E-state index contributed by atoms with van der Waals surface area (Å²) in [6, 6.07) is 13.7. The lowest BCUT2D eigenvalue weighted by Gasteiger charge is -2.18. The zero-order valence-corrected chi connectivity index (χ0v) is 14.6. The van der Waals surface area contributed by atoms with Gasteiger partial charge >= 0.3 is 0 Å². The van der Waals surface area contributed by atoms with Gasteiger partial charge in [0.15, 0.2) is 5.78 Å². The van der Waals surface area contributed by atoms with Gasteiger partial charge in [0.05, 0.1) is 12.2 Å². The highest BCUT2D eigenvalue weighted by Gasteiger charge is 2.15. The Morgan fingerprint density at radius 3 is 2.25 bits per heavy atom. The van der Waals surface area contributed by atoms with Gasteiger partial charge in [-0.2, -0.15) is 0 Å². The number of carbonyl (C=O) groups excluding carboxylic acids is 2. The van der Waals surface area contributed by atoms with E-state index in [1.807, 2.05) is 18.7 Å². The van der Waals surface area contributed by atoms with Gasteiger partial charge in [0, 0.05) is 16.1 Å². The number of halogens is 1. The number of hydrogen-bond acceptors (Lipinski definition) is 3. The minimum absolute atomic E-state index is 0.130. The van der Waals surface area contributed by atoms with Crippen LogP contribution in [-0.2, 0) is 4.79 Å². The van der Waals surface area contributed by atoms with Gasteiger partial charge in [0.25, 0.3) is 0 Å². The van der Waals surface area contributed by atoms with Crippen molar-refractivity contribution in [2.75, 3.05) is 25.0 Å². The normalized spacial score (nSPS) is 10.7. The van der Waals surface area contributed by atoms with E-state index in [0.29, 0.717) is 28.4 Å².